The van der Waals surface area contributed by atoms with E-state index >= 15 is 0 Å². The molecular weight excluding hydrogens is 184 g/mol. The van der Waals surface area contributed by atoms with Gasteiger partial charge >= 0.3 is 0 Å². The SMILES string of the molecule is C[C@@H](CN)c1ccc(C#N)cc1.Cl. The Balaban J connectivity index is 0.00000144. The fraction of sp³-hybridized carbons (Fsp3) is 0.300. The maximum absolute atomic E-state index is 8.55. The summed E-state index contributed by atoms with van der Waals surface area (Å²) in [6.45, 7) is 2.72. The lowest BCUT2D eigenvalue weighted by molar-refractivity contribution is 0.774. The van der Waals surface area contributed by atoms with Crippen molar-refractivity contribution in [2.24, 2.45) is 5.73 Å². The highest BCUT2D eigenvalue weighted by atomic mass is 35.5. The summed E-state index contributed by atoms with van der Waals surface area (Å²) in [5, 5.41) is 8.55. The maximum atomic E-state index is 8.55. The molecule has 1 aromatic rings. The summed E-state index contributed by atoms with van der Waals surface area (Å²) < 4.78 is 0. The van der Waals surface area contributed by atoms with Gasteiger partial charge in [0.05, 0.1) is 11.6 Å². The van der Waals surface area contributed by atoms with Crippen molar-refractivity contribution in [2.75, 3.05) is 6.54 Å². The Labute approximate surface area is 84.8 Å². The molecule has 2 N–H and O–H groups in total. The molecular formula is C10H13ClN2. The molecule has 1 rings (SSSR count). The van der Waals surface area contributed by atoms with E-state index in [9.17, 15) is 0 Å². The van der Waals surface area contributed by atoms with Crippen molar-refractivity contribution < 1.29 is 0 Å². The molecule has 2 nitrogen and oxygen atoms in total. The summed E-state index contributed by atoms with van der Waals surface area (Å²) in [5.74, 6) is 0.373. The molecule has 13 heavy (non-hydrogen) atoms. The molecule has 1 atom stereocenters. The van der Waals surface area contributed by atoms with Crippen LogP contribution in [-0.2, 0) is 0 Å². The first-order chi connectivity index (χ1) is 5.77. The van der Waals surface area contributed by atoms with Crippen LogP contribution in [0.3, 0.4) is 0 Å². The lowest BCUT2D eigenvalue weighted by Gasteiger charge is -2.07. The maximum Gasteiger partial charge on any atom is 0.0991 e. The molecule has 0 unspecified atom stereocenters. The fourth-order valence-electron chi connectivity index (χ4n) is 1.02. The van der Waals surface area contributed by atoms with Crippen molar-refractivity contribution in [3.8, 4) is 6.07 Å². The minimum Gasteiger partial charge on any atom is -0.330 e. The van der Waals surface area contributed by atoms with Gasteiger partial charge < -0.3 is 5.73 Å². The predicted octanol–water partition coefficient (Wildman–Crippen LogP) is 2.04. The second-order valence-corrected chi connectivity index (χ2v) is 2.87. The molecule has 0 amide bonds. The van der Waals surface area contributed by atoms with Gasteiger partial charge in [-0.2, -0.15) is 5.26 Å². The van der Waals surface area contributed by atoms with E-state index in [4.69, 9.17) is 11.0 Å². The van der Waals surface area contributed by atoms with E-state index in [0.717, 1.165) is 0 Å². The Bertz CT molecular complexity index is 287. The fourth-order valence-corrected chi connectivity index (χ4v) is 1.02. The third-order valence-corrected chi connectivity index (χ3v) is 1.96. The van der Waals surface area contributed by atoms with Crippen LogP contribution in [0, 0.1) is 11.3 Å². The Morgan fingerprint density at radius 3 is 2.31 bits per heavy atom. The predicted molar refractivity (Wildman–Crippen MR) is 55.9 cm³/mol. The zero-order chi connectivity index (χ0) is 8.97. The molecule has 0 aliphatic rings. The van der Waals surface area contributed by atoms with Crippen molar-refractivity contribution in [3.63, 3.8) is 0 Å². The van der Waals surface area contributed by atoms with E-state index in [2.05, 4.69) is 13.0 Å². The summed E-state index contributed by atoms with van der Waals surface area (Å²) in [7, 11) is 0. The van der Waals surface area contributed by atoms with E-state index in [1.54, 1.807) is 0 Å². The molecule has 0 saturated carbocycles. The average Bonchev–Trinajstić information content (AvgIpc) is 2.17. The van der Waals surface area contributed by atoms with Crippen LogP contribution in [0.25, 0.3) is 0 Å². The average molecular weight is 197 g/mol. The van der Waals surface area contributed by atoms with Gasteiger partial charge in [-0.25, -0.2) is 0 Å². The van der Waals surface area contributed by atoms with Crippen LogP contribution < -0.4 is 5.73 Å². The molecule has 0 saturated heterocycles. The molecule has 0 radical (unpaired) electrons. The molecule has 0 bridgehead atoms. The highest BCUT2D eigenvalue weighted by molar-refractivity contribution is 5.85. The number of halogens is 1. The minimum atomic E-state index is 0. The molecule has 3 heteroatoms. The second-order valence-electron chi connectivity index (χ2n) is 2.87. The van der Waals surface area contributed by atoms with Crippen molar-refractivity contribution in [1.82, 2.24) is 0 Å². The zero-order valence-corrected chi connectivity index (χ0v) is 8.34. The topological polar surface area (TPSA) is 49.8 Å². The Morgan fingerprint density at radius 2 is 1.92 bits per heavy atom. The highest BCUT2D eigenvalue weighted by Gasteiger charge is 2.01. The van der Waals surface area contributed by atoms with E-state index in [-0.39, 0.29) is 12.4 Å². The first kappa shape index (κ1) is 12.0. The van der Waals surface area contributed by atoms with E-state index in [1.807, 2.05) is 24.3 Å². The van der Waals surface area contributed by atoms with E-state index < -0.39 is 0 Å². The summed E-state index contributed by atoms with van der Waals surface area (Å²) in [5.41, 5.74) is 7.40. The van der Waals surface area contributed by atoms with Gasteiger partial charge in [-0.1, -0.05) is 19.1 Å². The first-order valence-electron chi connectivity index (χ1n) is 3.98. The standard InChI is InChI=1S/C10H12N2.ClH/c1-8(6-11)10-4-2-9(7-12)3-5-10;/h2-5,8H,6,11H2,1H3;1H/t8-;/m0./s1. The zero-order valence-electron chi connectivity index (χ0n) is 7.53. The van der Waals surface area contributed by atoms with Crippen LogP contribution in [0.4, 0.5) is 0 Å². The first-order valence-corrected chi connectivity index (χ1v) is 3.98. The van der Waals surface area contributed by atoms with Gasteiger partial charge in [0.2, 0.25) is 0 Å². The third-order valence-electron chi connectivity index (χ3n) is 1.96. The van der Waals surface area contributed by atoms with Crippen LogP contribution in [0.1, 0.15) is 24.0 Å². The summed E-state index contributed by atoms with van der Waals surface area (Å²) in [4.78, 5) is 0. The molecule has 0 fully saturated rings. The van der Waals surface area contributed by atoms with Gasteiger partial charge in [0.15, 0.2) is 0 Å². The number of rotatable bonds is 2. The number of hydrogen-bond acceptors (Lipinski definition) is 2. The summed E-state index contributed by atoms with van der Waals surface area (Å²) in [6.07, 6.45) is 0. The molecule has 70 valence electrons. The molecule has 1 aromatic carbocycles. The minimum absolute atomic E-state index is 0. The second kappa shape index (κ2) is 5.58. The summed E-state index contributed by atoms with van der Waals surface area (Å²) in [6, 6.07) is 9.63. The third kappa shape index (κ3) is 3.06. The van der Waals surface area contributed by atoms with Gasteiger partial charge in [-0.05, 0) is 30.2 Å². The van der Waals surface area contributed by atoms with Crippen molar-refractivity contribution in [2.45, 2.75) is 12.8 Å². The van der Waals surface area contributed by atoms with Crippen LogP contribution in [-0.4, -0.2) is 6.54 Å². The van der Waals surface area contributed by atoms with E-state index in [0.29, 0.717) is 18.0 Å². The largest absolute Gasteiger partial charge is 0.330 e. The number of nitriles is 1. The number of hydrogen-bond donors (Lipinski definition) is 1. The Hall–Kier alpha value is -1.04. The van der Waals surface area contributed by atoms with Crippen LogP contribution in [0.5, 0.6) is 0 Å². The van der Waals surface area contributed by atoms with Crippen LogP contribution in [0.2, 0.25) is 0 Å². The van der Waals surface area contributed by atoms with Gasteiger partial charge in [-0.15, -0.1) is 12.4 Å². The van der Waals surface area contributed by atoms with Gasteiger partial charge in [0.25, 0.3) is 0 Å². The Morgan fingerprint density at radius 1 is 1.38 bits per heavy atom. The van der Waals surface area contributed by atoms with Gasteiger partial charge in [0, 0.05) is 0 Å². The summed E-state index contributed by atoms with van der Waals surface area (Å²) >= 11 is 0. The van der Waals surface area contributed by atoms with Gasteiger partial charge in [0.1, 0.15) is 0 Å². The molecule has 0 aliphatic heterocycles. The number of benzene rings is 1. The monoisotopic (exact) mass is 196 g/mol. The molecule has 0 aromatic heterocycles. The van der Waals surface area contributed by atoms with E-state index in [1.165, 1.54) is 5.56 Å². The van der Waals surface area contributed by atoms with Crippen molar-refractivity contribution >= 4 is 12.4 Å². The van der Waals surface area contributed by atoms with Crippen LogP contribution >= 0.6 is 12.4 Å². The lowest BCUT2D eigenvalue weighted by atomic mass is 10.0. The number of nitrogens with zero attached hydrogens (tertiary/aromatic N) is 1. The van der Waals surface area contributed by atoms with Crippen molar-refractivity contribution in [3.05, 3.63) is 35.4 Å². The molecule has 0 spiro atoms. The molecule has 0 heterocycles. The molecule has 0 aliphatic carbocycles. The smallest absolute Gasteiger partial charge is 0.0991 e. The highest BCUT2D eigenvalue weighted by Crippen LogP contribution is 2.13. The van der Waals surface area contributed by atoms with Crippen LogP contribution in [0.15, 0.2) is 24.3 Å². The lowest BCUT2D eigenvalue weighted by Crippen LogP contribution is -2.08. The number of nitrogens with two attached hydrogens (primary N) is 1. The quantitative estimate of drug-likeness (QED) is 0.787. The van der Waals surface area contributed by atoms with Crippen molar-refractivity contribution in [1.29, 1.82) is 5.26 Å². The Kier molecular flexibility index (Phi) is 5.13. The van der Waals surface area contributed by atoms with Gasteiger partial charge in [-0.3, -0.25) is 0 Å². The normalized spacial score (nSPS) is 11.2.